The maximum absolute atomic E-state index is 4.49. The molecule has 94 valence electrons. The first kappa shape index (κ1) is 12.4. The molecule has 1 aliphatic heterocycles. The topological polar surface area (TPSA) is 28.2 Å². The van der Waals surface area contributed by atoms with Crippen molar-refractivity contribution >= 4 is 5.82 Å². The highest BCUT2D eigenvalue weighted by Gasteiger charge is 2.23. The van der Waals surface area contributed by atoms with Gasteiger partial charge in [0.05, 0.1) is 0 Å². The lowest BCUT2D eigenvalue weighted by Gasteiger charge is -2.33. The predicted octanol–water partition coefficient (Wildman–Crippen LogP) is 3.06. The highest BCUT2D eigenvalue weighted by molar-refractivity contribution is 5.45. The molecule has 1 N–H and O–H groups in total. The van der Waals surface area contributed by atoms with Gasteiger partial charge in [0.25, 0.3) is 0 Å². The summed E-state index contributed by atoms with van der Waals surface area (Å²) in [5, 5.41) is 3.44. The van der Waals surface area contributed by atoms with E-state index in [2.05, 4.69) is 41.3 Å². The quantitative estimate of drug-likeness (QED) is 0.866. The maximum atomic E-state index is 4.49. The number of likely N-dealkylation sites (tertiary alicyclic amines) is 1. The zero-order valence-corrected chi connectivity index (χ0v) is 10.9. The van der Waals surface area contributed by atoms with Crippen LogP contribution in [0.5, 0.6) is 0 Å². The fourth-order valence-corrected chi connectivity index (χ4v) is 2.55. The lowest BCUT2D eigenvalue weighted by molar-refractivity contribution is 0.187. The van der Waals surface area contributed by atoms with E-state index in [0.717, 1.165) is 18.8 Å². The second-order valence-corrected chi connectivity index (χ2v) is 4.86. The number of hydrogen-bond acceptors (Lipinski definition) is 3. The van der Waals surface area contributed by atoms with E-state index in [1.807, 2.05) is 6.20 Å². The molecule has 0 aromatic carbocycles. The first-order valence-corrected chi connectivity index (χ1v) is 6.72. The maximum Gasteiger partial charge on any atom is 0.130 e. The number of anilines is 1. The lowest BCUT2D eigenvalue weighted by Crippen LogP contribution is -2.30. The minimum absolute atomic E-state index is 0.539. The molecule has 2 rings (SSSR count). The normalized spacial score (nSPS) is 21.4. The Labute approximate surface area is 104 Å². The molecule has 17 heavy (non-hydrogen) atoms. The molecule has 2 heterocycles. The summed E-state index contributed by atoms with van der Waals surface area (Å²) < 4.78 is 0. The summed E-state index contributed by atoms with van der Waals surface area (Å²) in [6.07, 6.45) is 6.92. The van der Waals surface area contributed by atoms with E-state index < -0.39 is 0 Å². The summed E-state index contributed by atoms with van der Waals surface area (Å²) in [5.74, 6) is 1.08. The van der Waals surface area contributed by atoms with Crippen LogP contribution in [0.25, 0.3) is 0 Å². The zero-order chi connectivity index (χ0) is 12.1. The van der Waals surface area contributed by atoms with E-state index in [1.165, 1.54) is 31.4 Å². The number of nitrogens with zero attached hydrogens (tertiary/aromatic N) is 2. The Balaban J connectivity index is 2.17. The van der Waals surface area contributed by atoms with Crippen LogP contribution < -0.4 is 5.32 Å². The lowest BCUT2D eigenvalue weighted by atomic mass is 9.96. The third kappa shape index (κ3) is 2.97. The average molecular weight is 233 g/mol. The number of hydrogen-bond donors (Lipinski definition) is 1. The monoisotopic (exact) mass is 233 g/mol. The van der Waals surface area contributed by atoms with Crippen molar-refractivity contribution in [3.8, 4) is 0 Å². The standard InChI is InChI=1S/C14H23N3/c1-3-9-15-14-12(7-6-10-16-14)13-8-4-5-11-17(13)2/h6-7,10,13H,3-5,8-9,11H2,1-2H3,(H,15,16). The van der Waals surface area contributed by atoms with E-state index in [1.54, 1.807) is 0 Å². The van der Waals surface area contributed by atoms with Gasteiger partial charge >= 0.3 is 0 Å². The molecule has 1 atom stereocenters. The Morgan fingerprint density at radius 3 is 3.12 bits per heavy atom. The van der Waals surface area contributed by atoms with Crippen molar-refractivity contribution in [1.29, 1.82) is 0 Å². The summed E-state index contributed by atoms with van der Waals surface area (Å²) >= 11 is 0. The van der Waals surface area contributed by atoms with E-state index in [9.17, 15) is 0 Å². The molecule has 1 aliphatic rings. The molecule has 3 nitrogen and oxygen atoms in total. The molecular formula is C14H23N3. The third-order valence-corrected chi connectivity index (χ3v) is 3.51. The van der Waals surface area contributed by atoms with Gasteiger partial charge < -0.3 is 5.32 Å². The van der Waals surface area contributed by atoms with Crippen LogP contribution >= 0.6 is 0 Å². The highest BCUT2D eigenvalue weighted by Crippen LogP contribution is 2.32. The van der Waals surface area contributed by atoms with E-state index in [-0.39, 0.29) is 0 Å². The first-order valence-electron chi connectivity index (χ1n) is 6.72. The molecular weight excluding hydrogens is 210 g/mol. The number of piperidine rings is 1. The van der Waals surface area contributed by atoms with Gasteiger partial charge in [0, 0.05) is 24.3 Å². The molecule has 1 aromatic heterocycles. The largest absolute Gasteiger partial charge is 0.370 e. The molecule has 1 saturated heterocycles. The first-order chi connectivity index (χ1) is 8.33. The fraction of sp³-hybridized carbons (Fsp3) is 0.643. The van der Waals surface area contributed by atoms with Gasteiger partial charge in [-0.3, -0.25) is 4.90 Å². The van der Waals surface area contributed by atoms with Gasteiger partial charge in [-0.05, 0) is 38.9 Å². The van der Waals surface area contributed by atoms with Crippen LogP contribution in [0.4, 0.5) is 5.82 Å². The molecule has 0 aliphatic carbocycles. The van der Waals surface area contributed by atoms with Gasteiger partial charge in [-0.2, -0.15) is 0 Å². The van der Waals surface area contributed by atoms with Crippen molar-refractivity contribution in [3.05, 3.63) is 23.9 Å². The molecule has 0 bridgehead atoms. The number of aromatic nitrogens is 1. The minimum Gasteiger partial charge on any atom is -0.370 e. The van der Waals surface area contributed by atoms with Crippen molar-refractivity contribution < 1.29 is 0 Å². The van der Waals surface area contributed by atoms with Crippen LogP contribution in [0.3, 0.4) is 0 Å². The van der Waals surface area contributed by atoms with Crippen molar-refractivity contribution in [2.24, 2.45) is 0 Å². The van der Waals surface area contributed by atoms with Gasteiger partial charge in [-0.15, -0.1) is 0 Å². The summed E-state index contributed by atoms with van der Waals surface area (Å²) in [6.45, 7) is 4.38. The van der Waals surface area contributed by atoms with Crippen LogP contribution in [-0.4, -0.2) is 30.0 Å². The average Bonchev–Trinajstić information content (AvgIpc) is 2.37. The van der Waals surface area contributed by atoms with Crippen LogP contribution in [0.2, 0.25) is 0 Å². The Morgan fingerprint density at radius 1 is 1.47 bits per heavy atom. The van der Waals surface area contributed by atoms with E-state index >= 15 is 0 Å². The molecule has 0 saturated carbocycles. The zero-order valence-electron chi connectivity index (χ0n) is 10.9. The van der Waals surface area contributed by atoms with Gasteiger partial charge in [0.2, 0.25) is 0 Å². The Hall–Kier alpha value is -1.09. The molecule has 1 unspecified atom stereocenters. The Bertz CT molecular complexity index is 351. The number of nitrogens with one attached hydrogen (secondary N) is 1. The second-order valence-electron chi connectivity index (χ2n) is 4.86. The smallest absolute Gasteiger partial charge is 0.130 e. The Morgan fingerprint density at radius 2 is 2.35 bits per heavy atom. The van der Waals surface area contributed by atoms with E-state index in [0.29, 0.717) is 6.04 Å². The predicted molar refractivity (Wildman–Crippen MR) is 72.2 cm³/mol. The van der Waals surface area contributed by atoms with Crippen molar-refractivity contribution in [3.63, 3.8) is 0 Å². The van der Waals surface area contributed by atoms with Crippen molar-refractivity contribution in [2.45, 2.75) is 38.6 Å². The molecule has 1 fully saturated rings. The van der Waals surface area contributed by atoms with Gasteiger partial charge in [0.15, 0.2) is 0 Å². The van der Waals surface area contributed by atoms with Crippen LogP contribution in [0, 0.1) is 0 Å². The summed E-state index contributed by atoms with van der Waals surface area (Å²) in [4.78, 5) is 6.94. The van der Waals surface area contributed by atoms with Crippen LogP contribution in [-0.2, 0) is 0 Å². The molecule has 3 heteroatoms. The van der Waals surface area contributed by atoms with Crippen molar-refractivity contribution in [1.82, 2.24) is 9.88 Å². The van der Waals surface area contributed by atoms with Crippen LogP contribution in [0.1, 0.15) is 44.2 Å². The van der Waals surface area contributed by atoms with Gasteiger partial charge in [0.1, 0.15) is 5.82 Å². The SMILES string of the molecule is CCCNc1ncccc1C1CCCCN1C. The van der Waals surface area contributed by atoms with Gasteiger partial charge in [-0.1, -0.05) is 19.4 Å². The second kappa shape index (κ2) is 6.01. The molecule has 0 amide bonds. The molecule has 0 radical (unpaired) electrons. The molecule has 0 spiro atoms. The van der Waals surface area contributed by atoms with E-state index in [4.69, 9.17) is 0 Å². The van der Waals surface area contributed by atoms with Crippen molar-refractivity contribution in [2.75, 3.05) is 25.5 Å². The highest BCUT2D eigenvalue weighted by atomic mass is 15.1. The minimum atomic E-state index is 0.539. The number of pyridine rings is 1. The Kier molecular flexibility index (Phi) is 4.37. The summed E-state index contributed by atoms with van der Waals surface area (Å²) in [6, 6.07) is 4.81. The fourth-order valence-electron chi connectivity index (χ4n) is 2.55. The van der Waals surface area contributed by atoms with Gasteiger partial charge in [-0.25, -0.2) is 4.98 Å². The number of rotatable bonds is 4. The van der Waals surface area contributed by atoms with Crippen LogP contribution in [0.15, 0.2) is 18.3 Å². The molecule has 1 aromatic rings. The summed E-state index contributed by atoms with van der Waals surface area (Å²) in [7, 11) is 2.22. The summed E-state index contributed by atoms with van der Waals surface area (Å²) in [5.41, 5.74) is 1.36. The third-order valence-electron chi connectivity index (χ3n) is 3.51.